The molecule has 0 nitrogen and oxygen atoms in total. The Morgan fingerprint density at radius 2 is 1.83 bits per heavy atom. The minimum atomic E-state index is 0.578. The van der Waals surface area contributed by atoms with Gasteiger partial charge in [0.05, 0.1) is 0 Å². The highest BCUT2D eigenvalue weighted by molar-refractivity contribution is 7.99. The zero-order valence-electron chi connectivity index (χ0n) is 10.8. The van der Waals surface area contributed by atoms with Gasteiger partial charge in [-0.05, 0) is 47.6 Å². The molecule has 0 amide bonds. The Bertz CT molecular complexity index is 493. The average molecular weight is 276 g/mol. The number of benzene rings is 2. The third-order valence-electron chi connectivity index (χ3n) is 3.16. The average Bonchev–Trinajstić information content (AvgIpc) is 2.43. The highest BCUT2D eigenvalue weighted by atomic mass is 32.2. The zero-order valence-corrected chi connectivity index (χ0v) is 12.5. The number of unbranched alkanes of at least 4 members (excludes halogenated alkanes) is 1. The van der Waals surface area contributed by atoms with E-state index in [-0.39, 0.29) is 0 Å². The van der Waals surface area contributed by atoms with Gasteiger partial charge in [-0.25, -0.2) is 0 Å². The van der Waals surface area contributed by atoms with E-state index in [1.807, 2.05) is 11.8 Å². The molecule has 0 aliphatic carbocycles. The van der Waals surface area contributed by atoms with E-state index in [0.717, 1.165) is 5.75 Å². The monoisotopic (exact) mass is 276 g/mol. The summed E-state index contributed by atoms with van der Waals surface area (Å²) in [4.78, 5) is 0. The van der Waals surface area contributed by atoms with E-state index in [2.05, 4.69) is 62.0 Å². The lowest BCUT2D eigenvalue weighted by Crippen LogP contribution is -1.91. The second-order valence-corrected chi connectivity index (χ2v) is 6.45. The van der Waals surface area contributed by atoms with Gasteiger partial charge in [-0.2, -0.15) is 24.4 Å². The molecule has 0 aliphatic rings. The highest BCUT2D eigenvalue weighted by Crippen LogP contribution is 2.30. The number of thiol groups is 1. The lowest BCUT2D eigenvalue weighted by atomic mass is 10.1. The Hall–Kier alpha value is -0.600. The number of hydrogen-bond donors (Lipinski definition) is 1. The molecule has 0 saturated carbocycles. The Morgan fingerprint density at radius 3 is 2.61 bits per heavy atom. The van der Waals surface area contributed by atoms with Crippen LogP contribution in [0.3, 0.4) is 0 Å². The predicted octanol–water partition coefficient (Wildman–Crippen LogP) is 5.34. The summed E-state index contributed by atoms with van der Waals surface area (Å²) in [5.41, 5.74) is 1.43. The van der Waals surface area contributed by atoms with Crippen LogP contribution in [0.1, 0.15) is 30.6 Å². The van der Waals surface area contributed by atoms with Crippen LogP contribution in [0.2, 0.25) is 0 Å². The van der Waals surface area contributed by atoms with Crippen molar-refractivity contribution in [2.75, 3.05) is 11.5 Å². The van der Waals surface area contributed by atoms with E-state index in [4.69, 9.17) is 0 Å². The third-order valence-corrected chi connectivity index (χ3v) is 4.78. The maximum atomic E-state index is 4.25. The molecule has 96 valence electrons. The van der Waals surface area contributed by atoms with Crippen LogP contribution in [0.5, 0.6) is 0 Å². The third kappa shape index (κ3) is 3.69. The van der Waals surface area contributed by atoms with E-state index >= 15 is 0 Å². The molecule has 1 unspecified atom stereocenters. The number of rotatable bonds is 6. The molecule has 1 atom stereocenters. The summed E-state index contributed by atoms with van der Waals surface area (Å²) in [7, 11) is 0. The fourth-order valence-corrected chi connectivity index (χ4v) is 3.32. The molecule has 2 aromatic rings. The first-order valence-corrected chi connectivity index (χ1v) is 8.20. The molecular formula is C16H20S2. The smallest absolute Gasteiger partial charge is 0.0269 e. The molecule has 0 heterocycles. The van der Waals surface area contributed by atoms with Crippen molar-refractivity contribution >= 4 is 35.2 Å². The quantitative estimate of drug-likeness (QED) is 0.548. The second-order valence-electron chi connectivity index (χ2n) is 4.55. The molecule has 0 bridgehead atoms. The van der Waals surface area contributed by atoms with E-state index < -0.39 is 0 Å². The summed E-state index contributed by atoms with van der Waals surface area (Å²) in [5, 5.41) is 3.25. The second kappa shape index (κ2) is 7.10. The SMILES string of the molecule is CC(SCCCCS)c1ccc2ccccc2c1. The molecular weight excluding hydrogens is 256 g/mol. The Kier molecular flexibility index (Phi) is 5.45. The molecule has 0 saturated heterocycles. The van der Waals surface area contributed by atoms with Crippen LogP contribution in [0.15, 0.2) is 42.5 Å². The van der Waals surface area contributed by atoms with Gasteiger partial charge in [0.1, 0.15) is 0 Å². The fourth-order valence-electron chi connectivity index (χ4n) is 2.03. The van der Waals surface area contributed by atoms with Crippen LogP contribution in [-0.2, 0) is 0 Å². The van der Waals surface area contributed by atoms with Crippen LogP contribution in [-0.4, -0.2) is 11.5 Å². The summed E-state index contributed by atoms with van der Waals surface area (Å²) in [5.74, 6) is 2.24. The molecule has 0 N–H and O–H groups in total. The first kappa shape index (κ1) is 13.8. The van der Waals surface area contributed by atoms with Crippen molar-refractivity contribution in [2.45, 2.75) is 25.0 Å². The van der Waals surface area contributed by atoms with Crippen LogP contribution >= 0.6 is 24.4 Å². The Morgan fingerprint density at radius 1 is 1.06 bits per heavy atom. The standard InChI is InChI=1S/C16H20S2/c1-13(18-11-5-4-10-17)15-9-8-14-6-2-3-7-16(14)12-15/h2-3,6-9,12-13,17H,4-5,10-11H2,1H3. The van der Waals surface area contributed by atoms with Crippen molar-refractivity contribution in [3.8, 4) is 0 Å². The van der Waals surface area contributed by atoms with Crippen molar-refractivity contribution in [3.05, 3.63) is 48.0 Å². The molecule has 2 heteroatoms. The maximum absolute atomic E-state index is 4.25. The Balaban J connectivity index is 2.01. The molecule has 0 spiro atoms. The summed E-state index contributed by atoms with van der Waals surface area (Å²) >= 11 is 6.29. The van der Waals surface area contributed by atoms with E-state index in [9.17, 15) is 0 Å². The zero-order chi connectivity index (χ0) is 12.8. The van der Waals surface area contributed by atoms with Gasteiger partial charge in [0.25, 0.3) is 0 Å². The van der Waals surface area contributed by atoms with Gasteiger partial charge in [0.15, 0.2) is 0 Å². The first-order chi connectivity index (χ1) is 8.81. The Labute approximate surface area is 120 Å². The highest BCUT2D eigenvalue weighted by Gasteiger charge is 2.06. The van der Waals surface area contributed by atoms with Gasteiger partial charge in [0.2, 0.25) is 0 Å². The summed E-state index contributed by atoms with van der Waals surface area (Å²) in [6.45, 7) is 2.30. The van der Waals surface area contributed by atoms with Gasteiger partial charge in [-0.1, -0.05) is 42.5 Å². The van der Waals surface area contributed by atoms with E-state index in [0.29, 0.717) is 5.25 Å². The molecule has 0 fully saturated rings. The van der Waals surface area contributed by atoms with E-state index in [1.54, 1.807) is 0 Å². The normalized spacial score (nSPS) is 12.8. The summed E-state index contributed by atoms with van der Waals surface area (Å²) in [6, 6.07) is 15.4. The maximum Gasteiger partial charge on any atom is 0.0269 e. The van der Waals surface area contributed by atoms with E-state index in [1.165, 1.54) is 34.9 Å². The van der Waals surface area contributed by atoms with Crippen molar-refractivity contribution in [2.24, 2.45) is 0 Å². The molecule has 0 aromatic heterocycles. The van der Waals surface area contributed by atoms with Crippen molar-refractivity contribution in [3.63, 3.8) is 0 Å². The van der Waals surface area contributed by atoms with Crippen molar-refractivity contribution in [1.82, 2.24) is 0 Å². The first-order valence-electron chi connectivity index (χ1n) is 6.52. The fraction of sp³-hybridized carbons (Fsp3) is 0.375. The largest absolute Gasteiger partial charge is 0.179 e. The van der Waals surface area contributed by atoms with Crippen LogP contribution in [0.4, 0.5) is 0 Å². The molecule has 2 aromatic carbocycles. The molecule has 2 rings (SSSR count). The lowest BCUT2D eigenvalue weighted by molar-refractivity contribution is 0.905. The van der Waals surface area contributed by atoms with Gasteiger partial charge in [-0.3, -0.25) is 0 Å². The molecule has 0 radical (unpaired) electrons. The predicted molar refractivity (Wildman–Crippen MR) is 87.9 cm³/mol. The van der Waals surface area contributed by atoms with Crippen LogP contribution < -0.4 is 0 Å². The minimum absolute atomic E-state index is 0.578. The number of fused-ring (bicyclic) bond motifs is 1. The minimum Gasteiger partial charge on any atom is -0.179 e. The van der Waals surface area contributed by atoms with Gasteiger partial charge in [0, 0.05) is 5.25 Å². The number of thioether (sulfide) groups is 1. The number of hydrogen-bond acceptors (Lipinski definition) is 2. The van der Waals surface area contributed by atoms with Gasteiger partial charge < -0.3 is 0 Å². The van der Waals surface area contributed by atoms with Crippen molar-refractivity contribution < 1.29 is 0 Å². The van der Waals surface area contributed by atoms with Crippen LogP contribution in [0.25, 0.3) is 10.8 Å². The lowest BCUT2D eigenvalue weighted by Gasteiger charge is -2.12. The summed E-state index contributed by atoms with van der Waals surface area (Å²) < 4.78 is 0. The van der Waals surface area contributed by atoms with Crippen LogP contribution in [0, 0.1) is 0 Å². The van der Waals surface area contributed by atoms with Gasteiger partial charge in [-0.15, -0.1) is 0 Å². The van der Waals surface area contributed by atoms with Gasteiger partial charge >= 0.3 is 0 Å². The van der Waals surface area contributed by atoms with Crippen molar-refractivity contribution in [1.29, 1.82) is 0 Å². The molecule has 0 aliphatic heterocycles. The molecule has 18 heavy (non-hydrogen) atoms. The topological polar surface area (TPSA) is 0 Å². The summed E-state index contributed by atoms with van der Waals surface area (Å²) in [6.07, 6.45) is 2.49.